The number of thioether (sulfide) groups is 2. The van der Waals surface area contributed by atoms with Gasteiger partial charge in [-0.25, -0.2) is 8.78 Å². The lowest BCUT2D eigenvalue weighted by molar-refractivity contribution is 0.506. The number of benzene rings is 1. The van der Waals surface area contributed by atoms with Crippen LogP contribution in [0.5, 0.6) is 0 Å². The van der Waals surface area contributed by atoms with Crippen LogP contribution in [0.3, 0.4) is 0 Å². The largest absolute Gasteiger partial charge is 0.204 e. The molecule has 0 amide bonds. The lowest BCUT2D eigenvalue weighted by Gasteiger charge is -2.01. The number of rotatable bonds is 6. The first-order valence-corrected chi connectivity index (χ1v) is 7.19. The van der Waals surface area contributed by atoms with Crippen LogP contribution in [-0.2, 0) is 0 Å². The molecule has 0 unspecified atom stereocenters. The zero-order valence-electron chi connectivity index (χ0n) is 8.63. The molecular formula is C11H14F2S2. The summed E-state index contributed by atoms with van der Waals surface area (Å²) < 4.78 is 25.4. The van der Waals surface area contributed by atoms with Crippen molar-refractivity contribution in [2.75, 3.05) is 17.8 Å². The summed E-state index contributed by atoms with van der Waals surface area (Å²) in [5.41, 5.74) is 0. The molecule has 0 fully saturated rings. The second-order valence-electron chi connectivity index (χ2n) is 3.12. The first-order chi connectivity index (χ1) is 7.24. The molecule has 84 valence electrons. The van der Waals surface area contributed by atoms with Crippen molar-refractivity contribution in [1.82, 2.24) is 0 Å². The number of halogens is 2. The fraction of sp³-hybridized carbons (Fsp3) is 0.455. The molecule has 0 saturated carbocycles. The third kappa shape index (κ3) is 4.89. The van der Waals surface area contributed by atoms with E-state index in [1.54, 1.807) is 17.8 Å². The second kappa shape index (κ2) is 7.12. The summed E-state index contributed by atoms with van der Waals surface area (Å²) in [7, 11) is 0. The molecule has 0 nitrogen and oxygen atoms in total. The molecule has 0 heterocycles. The minimum absolute atomic E-state index is 0.760. The number of hydrogen-bond acceptors (Lipinski definition) is 2. The van der Waals surface area contributed by atoms with Gasteiger partial charge in [-0.05, 0) is 48.8 Å². The monoisotopic (exact) mass is 248 g/mol. The van der Waals surface area contributed by atoms with E-state index in [0.29, 0.717) is 0 Å². The quantitative estimate of drug-likeness (QED) is 0.546. The van der Waals surface area contributed by atoms with Gasteiger partial charge in [0, 0.05) is 4.90 Å². The summed E-state index contributed by atoms with van der Waals surface area (Å²) in [5.74, 6) is 0.593. The van der Waals surface area contributed by atoms with Gasteiger partial charge >= 0.3 is 0 Å². The Hall–Kier alpha value is -0.220. The Kier molecular flexibility index (Phi) is 6.10. The van der Waals surface area contributed by atoms with Crippen molar-refractivity contribution in [3.05, 3.63) is 29.8 Å². The lowest BCUT2D eigenvalue weighted by atomic mass is 10.3. The van der Waals surface area contributed by atoms with Crippen molar-refractivity contribution in [1.29, 1.82) is 0 Å². The first-order valence-electron chi connectivity index (χ1n) is 4.81. The Labute approximate surface area is 97.8 Å². The maximum absolute atomic E-state index is 12.8. The Morgan fingerprint density at radius 1 is 1.07 bits per heavy atom. The van der Waals surface area contributed by atoms with E-state index in [-0.39, 0.29) is 0 Å². The fourth-order valence-corrected chi connectivity index (χ4v) is 2.53. The molecule has 0 bridgehead atoms. The minimum Gasteiger partial charge on any atom is -0.204 e. The topological polar surface area (TPSA) is 0 Å². The van der Waals surface area contributed by atoms with Crippen molar-refractivity contribution >= 4 is 23.5 Å². The summed E-state index contributed by atoms with van der Waals surface area (Å²) in [5, 5.41) is 0. The van der Waals surface area contributed by atoms with Crippen LogP contribution in [-0.4, -0.2) is 17.8 Å². The van der Waals surface area contributed by atoms with Crippen LogP contribution in [0.1, 0.15) is 12.8 Å². The van der Waals surface area contributed by atoms with Gasteiger partial charge in [0.2, 0.25) is 0 Å². The predicted molar refractivity (Wildman–Crippen MR) is 64.7 cm³/mol. The van der Waals surface area contributed by atoms with Crippen LogP contribution in [0.4, 0.5) is 8.78 Å². The SMILES string of the molecule is CSCCCCSc1ccc(F)c(F)c1. The summed E-state index contributed by atoms with van der Waals surface area (Å²) >= 11 is 3.41. The zero-order valence-corrected chi connectivity index (χ0v) is 10.3. The first kappa shape index (κ1) is 12.8. The average molecular weight is 248 g/mol. The van der Waals surface area contributed by atoms with Crippen LogP contribution in [0.25, 0.3) is 0 Å². The predicted octanol–water partition coefficient (Wildman–Crippen LogP) is 4.20. The van der Waals surface area contributed by atoms with Gasteiger partial charge in [-0.15, -0.1) is 11.8 Å². The fourth-order valence-electron chi connectivity index (χ4n) is 1.11. The Bertz CT molecular complexity index is 303. The summed E-state index contributed by atoms with van der Waals surface area (Å²) in [4.78, 5) is 0.804. The molecule has 15 heavy (non-hydrogen) atoms. The minimum atomic E-state index is -0.776. The molecule has 0 radical (unpaired) electrons. The highest BCUT2D eigenvalue weighted by Crippen LogP contribution is 2.21. The summed E-state index contributed by atoms with van der Waals surface area (Å²) in [6, 6.07) is 4.06. The third-order valence-electron chi connectivity index (χ3n) is 1.90. The van der Waals surface area contributed by atoms with Gasteiger partial charge in [0.25, 0.3) is 0 Å². The number of unbranched alkanes of at least 4 members (excludes halogenated alkanes) is 1. The smallest absolute Gasteiger partial charge is 0.159 e. The molecule has 1 rings (SSSR count). The lowest BCUT2D eigenvalue weighted by Crippen LogP contribution is -1.86. The molecule has 0 N–H and O–H groups in total. The van der Waals surface area contributed by atoms with Gasteiger partial charge in [0.15, 0.2) is 11.6 Å². The van der Waals surface area contributed by atoms with E-state index >= 15 is 0 Å². The Balaban J connectivity index is 2.28. The molecule has 1 aromatic carbocycles. The van der Waals surface area contributed by atoms with Crippen LogP contribution in [0, 0.1) is 11.6 Å². The molecule has 0 saturated heterocycles. The maximum Gasteiger partial charge on any atom is 0.159 e. The van der Waals surface area contributed by atoms with E-state index in [2.05, 4.69) is 6.26 Å². The molecule has 0 aliphatic heterocycles. The molecular weight excluding hydrogens is 234 g/mol. The molecule has 0 aliphatic carbocycles. The van der Waals surface area contributed by atoms with E-state index in [1.165, 1.54) is 24.3 Å². The molecule has 0 aromatic heterocycles. The highest BCUT2D eigenvalue weighted by molar-refractivity contribution is 7.99. The van der Waals surface area contributed by atoms with Crippen LogP contribution < -0.4 is 0 Å². The van der Waals surface area contributed by atoms with E-state index in [4.69, 9.17) is 0 Å². The van der Waals surface area contributed by atoms with Gasteiger partial charge in [0.1, 0.15) is 0 Å². The van der Waals surface area contributed by atoms with Gasteiger partial charge < -0.3 is 0 Å². The molecule has 4 heteroatoms. The van der Waals surface area contributed by atoms with Gasteiger partial charge in [0.05, 0.1) is 0 Å². The van der Waals surface area contributed by atoms with Crippen molar-refractivity contribution in [2.45, 2.75) is 17.7 Å². The second-order valence-corrected chi connectivity index (χ2v) is 5.28. The Morgan fingerprint density at radius 2 is 1.80 bits per heavy atom. The van der Waals surface area contributed by atoms with E-state index in [1.807, 2.05) is 11.8 Å². The summed E-state index contributed by atoms with van der Waals surface area (Å²) in [6.45, 7) is 0. The summed E-state index contributed by atoms with van der Waals surface area (Å²) in [6.07, 6.45) is 4.38. The molecule has 0 spiro atoms. The molecule has 0 aliphatic rings. The standard InChI is InChI=1S/C11H14F2S2/c1-14-6-2-3-7-15-9-4-5-10(12)11(13)8-9/h4-5,8H,2-3,6-7H2,1H3. The normalized spacial score (nSPS) is 10.6. The molecule has 1 aromatic rings. The average Bonchev–Trinajstić information content (AvgIpc) is 2.23. The van der Waals surface area contributed by atoms with Gasteiger partial charge in [-0.1, -0.05) is 0 Å². The highest BCUT2D eigenvalue weighted by atomic mass is 32.2. The number of hydrogen-bond donors (Lipinski definition) is 0. The van der Waals surface area contributed by atoms with Crippen molar-refractivity contribution < 1.29 is 8.78 Å². The molecule has 0 atom stereocenters. The highest BCUT2D eigenvalue weighted by Gasteiger charge is 2.02. The van der Waals surface area contributed by atoms with Crippen molar-refractivity contribution in [3.8, 4) is 0 Å². The van der Waals surface area contributed by atoms with Gasteiger partial charge in [-0.2, -0.15) is 11.8 Å². The van der Waals surface area contributed by atoms with Crippen LogP contribution in [0.15, 0.2) is 23.1 Å². The van der Waals surface area contributed by atoms with E-state index in [0.717, 1.165) is 17.1 Å². The van der Waals surface area contributed by atoms with Crippen LogP contribution in [0.2, 0.25) is 0 Å². The maximum atomic E-state index is 12.8. The van der Waals surface area contributed by atoms with Crippen molar-refractivity contribution in [3.63, 3.8) is 0 Å². The van der Waals surface area contributed by atoms with Gasteiger partial charge in [-0.3, -0.25) is 0 Å². The zero-order chi connectivity index (χ0) is 11.1. The Morgan fingerprint density at radius 3 is 2.47 bits per heavy atom. The van der Waals surface area contributed by atoms with E-state index < -0.39 is 11.6 Å². The van der Waals surface area contributed by atoms with Crippen LogP contribution >= 0.6 is 23.5 Å². The van der Waals surface area contributed by atoms with Crippen molar-refractivity contribution in [2.24, 2.45) is 0 Å². The third-order valence-corrected chi connectivity index (χ3v) is 3.68. The van der Waals surface area contributed by atoms with E-state index in [9.17, 15) is 8.78 Å².